The summed E-state index contributed by atoms with van der Waals surface area (Å²) < 4.78 is 5.87. The van der Waals surface area contributed by atoms with E-state index in [-0.39, 0.29) is 18.0 Å². The first kappa shape index (κ1) is 20.4. The average Bonchev–Trinajstić information content (AvgIpc) is 3.06. The van der Waals surface area contributed by atoms with E-state index in [0.29, 0.717) is 23.2 Å². The minimum Gasteiger partial charge on any atom is -0.462 e. The van der Waals surface area contributed by atoms with Gasteiger partial charge in [0, 0.05) is 5.92 Å². The van der Waals surface area contributed by atoms with Gasteiger partial charge < -0.3 is 4.74 Å². The Hall–Kier alpha value is -0.310. The van der Waals surface area contributed by atoms with E-state index in [9.17, 15) is 4.79 Å². The maximum absolute atomic E-state index is 12.2. The summed E-state index contributed by atoms with van der Waals surface area (Å²) in [7, 11) is 0. The lowest BCUT2D eigenvalue weighted by molar-refractivity contribution is -0.144. The number of halogens is 1. The molecule has 148 valence electrons. The van der Waals surface area contributed by atoms with Crippen molar-refractivity contribution < 1.29 is 9.53 Å². The number of carbonyl (C=O) groups is 1. The molecule has 0 aromatic heterocycles. The van der Waals surface area contributed by atoms with E-state index in [1.165, 1.54) is 32.1 Å². The van der Waals surface area contributed by atoms with Crippen LogP contribution in [-0.4, -0.2) is 12.1 Å². The van der Waals surface area contributed by atoms with Crippen molar-refractivity contribution in [2.75, 3.05) is 0 Å². The number of carbonyl (C=O) groups excluding carboxylic acids is 1. The second-order valence-corrected chi connectivity index (χ2v) is 10.5. The Kier molecular flexibility index (Phi) is 6.26. The molecule has 0 N–H and O–H groups in total. The first-order valence-electron chi connectivity index (χ1n) is 10.8. The van der Waals surface area contributed by atoms with Gasteiger partial charge in [-0.3, -0.25) is 4.79 Å². The molecular weight excluding hydrogens is 388 g/mol. The molecule has 7 atom stereocenters. The number of rotatable bonds is 5. The van der Waals surface area contributed by atoms with Gasteiger partial charge in [-0.25, -0.2) is 0 Å². The summed E-state index contributed by atoms with van der Waals surface area (Å²) in [4.78, 5) is 14.4. The van der Waals surface area contributed by atoms with Gasteiger partial charge in [0.1, 0.15) is 6.10 Å². The molecule has 1 saturated heterocycles. The summed E-state index contributed by atoms with van der Waals surface area (Å²) in [5, 5.41) is 0. The van der Waals surface area contributed by atoms with Crippen LogP contribution in [0.1, 0.15) is 79.6 Å². The normalized spacial score (nSPS) is 43.0. The third kappa shape index (κ3) is 3.66. The van der Waals surface area contributed by atoms with Gasteiger partial charge in [-0.15, -0.1) is 0 Å². The second kappa shape index (κ2) is 7.97. The van der Waals surface area contributed by atoms with E-state index >= 15 is 0 Å². The van der Waals surface area contributed by atoms with Crippen molar-refractivity contribution in [1.82, 2.24) is 0 Å². The molecule has 3 aliphatic rings. The molecule has 1 heterocycles. The fourth-order valence-corrected chi connectivity index (χ4v) is 7.19. The molecule has 0 spiro atoms. The highest BCUT2D eigenvalue weighted by Crippen LogP contribution is 2.60. The molecule has 3 fully saturated rings. The number of hydrogen-bond donors (Lipinski definition) is 0. The summed E-state index contributed by atoms with van der Waals surface area (Å²) in [6, 6.07) is 0. The van der Waals surface area contributed by atoms with Gasteiger partial charge in [0.05, 0.1) is 5.92 Å². The highest BCUT2D eigenvalue weighted by Gasteiger charge is 2.52. The molecule has 3 rings (SSSR count). The highest BCUT2D eigenvalue weighted by atomic mass is 79.9. The van der Waals surface area contributed by atoms with Crippen LogP contribution in [0, 0.1) is 40.9 Å². The topological polar surface area (TPSA) is 26.3 Å². The fourth-order valence-electron chi connectivity index (χ4n) is 6.64. The Morgan fingerprint density at radius 1 is 1.27 bits per heavy atom. The minimum atomic E-state index is 0.0329. The van der Waals surface area contributed by atoms with Crippen LogP contribution >= 0.6 is 15.9 Å². The molecule has 3 heteroatoms. The van der Waals surface area contributed by atoms with E-state index in [1.807, 2.05) is 0 Å². The second-order valence-electron chi connectivity index (χ2n) is 10.1. The van der Waals surface area contributed by atoms with Crippen molar-refractivity contribution in [2.24, 2.45) is 40.9 Å². The van der Waals surface area contributed by atoms with Crippen LogP contribution in [0.3, 0.4) is 0 Å². The molecule has 0 aromatic carbocycles. The number of fused-ring (bicyclic) bond motifs is 1. The number of allylic oxidation sites excluding steroid dienone is 1. The number of cyclic esters (lactones) is 1. The first-order chi connectivity index (χ1) is 12.3. The lowest BCUT2D eigenvalue weighted by Gasteiger charge is -2.44. The molecule has 26 heavy (non-hydrogen) atoms. The van der Waals surface area contributed by atoms with E-state index in [1.54, 1.807) is 5.57 Å². The van der Waals surface area contributed by atoms with Gasteiger partial charge in [-0.2, -0.15) is 0 Å². The molecule has 0 bridgehead atoms. The lowest BCUT2D eigenvalue weighted by atomic mass is 9.61. The number of ether oxygens (including phenoxy) is 1. The van der Waals surface area contributed by atoms with Crippen LogP contribution in [0.15, 0.2) is 10.6 Å². The third-order valence-corrected chi connectivity index (χ3v) is 8.56. The van der Waals surface area contributed by atoms with Crippen molar-refractivity contribution in [1.29, 1.82) is 0 Å². The molecule has 1 aliphatic heterocycles. The van der Waals surface area contributed by atoms with Crippen molar-refractivity contribution in [3.63, 3.8) is 0 Å². The maximum atomic E-state index is 12.2. The third-order valence-electron chi connectivity index (χ3n) is 7.97. The molecule has 2 nitrogen and oxygen atoms in total. The smallest absolute Gasteiger partial charge is 0.309 e. The summed E-state index contributed by atoms with van der Waals surface area (Å²) in [5.41, 5.74) is 2.06. The van der Waals surface area contributed by atoms with Crippen LogP contribution in [0.2, 0.25) is 0 Å². The Morgan fingerprint density at radius 2 is 2.00 bits per heavy atom. The van der Waals surface area contributed by atoms with Crippen LogP contribution < -0.4 is 0 Å². The molecule has 0 amide bonds. The summed E-state index contributed by atoms with van der Waals surface area (Å²) in [6.45, 7) is 11.6. The van der Waals surface area contributed by atoms with Crippen LogP contribution in [0.25, 0.3) is 0 Å². The quantitative estimate of drug-likeness (QED) is 0.457. The SMILES string of the molecule is CC(C)C[C@@H]1C(C)C(=O)O[C@@H]1C[C@@H](C)[C@H]1CC[C@H]2/C(=C/Br)CCC[C@]12C. The zero-order valence-corrected chi connectivity index (χ0v) is 18.8. The van der Waals surface area contributed by atoms with Gasteiger partial charge in [-0.05, 0) is 79.0 Å². The molecule has 0 aromatic rings. The van der Waals surface area contributed by atoms with Crippen LogP contribution in [0.5, 0.6) is 0 Å². The van der Waals surface area contributed by atoms with Gasteiger partial charge in [-0.1, -0.05) is 56.1 Å². The van der Waals surface area contributed by atoms with Crippen LogP contribution in [0.4, 0.5) is 0 Å². The van der Waals surface area contributed by atoms with E-state index in [0.717, 1.165) is 24.7 Å². The predicted octanol–water partition coefficient (Wildman–Crippen LogP) is 6.73. The summed E-state index contributed by atoms with van der Waals surface area (Å²) in [5.74, 6) is 3.25. The Morgan fingerprint density at radius 3 is 2.65 bits per heavy atom. The van der Waals surface area contributed by atoms with E-state index in [4.69, 9.17) is 4.74 Å². The van der Waals surface area contributed by atoms with Crippen molar-refractivity contribution in [3.8, 4) is 0 Å². The van der Waals surface area contributed by atoms with Gasteiger partial charge in [0.25, 0.3) is 0 Å². The maximum Gasteiger partial charge on any atom is 0.309 e. The van der Waals surface area contributed by atoms with Gasteiger partial charge in [0.2, 0.25) is 0 Å². The van der Waals surface area contributed by atoms with Crippen molar-refractivity contribution >= 4 is 21.9 Å². The molecular formula is C23H37BrO2. The van der Waals surface area contributed by atoms with Gasteiger partial charge in [0.15, 0.2) is 0 Å². The molecule has 1 unspecified atom stereocenters. The zero-order chi connectivity index (χ0) is 19.1. The summed E-state index contributed by atoms with van der Waals surface area (Å²) >= 11 is 3.62. The largest absolute Gasteiger partial charge is 0.462 e. The molecule has 2 saturated carbocycles. The monoisotopic (exact) mass is 424 g/mol. The fraction of sp³-hybridized carbons (Fsp3) is 0.870. The molecule has 2 aliphatic carbocycles. The first-order valence-corrected chi connectivity index (χ1v) is 11.7. The highest BCUT2D eigenvalue weighted by molar-refractivity contribution is 9.11. The van der Waals surface area contributed by atoms with Crippen LogP contribution in [-0.2, 0) is 9.53 Å². The van der Waals surface area contributed by atoms with E-state index in [2.05, 4.69) is 55.5 Å². The average molecular weight is 425 g/mol. The van der Waals surface area contributed by atoms with E-state index < -0.39 is 0 Å². The lowest BCUT2D eigenvalue weighted by Crippen LogP contribution is -2.37. The van der Waals surface area contributed by atoms with Gasteiger partial charge >= 0.3 is 5.97 Å². The number of hydrogen-bond acceptors (Lipinski definition) is 2. The standard InChI is InChI=1S/C23H37BrO2/c1-14(2)11-18-16(4)22(25)26-21(18)12-15(3)19-8-9-20-17(13-24)7-6-10-23(19,20)5/h13-16,18-21H,6-12H2,1-5H3/b17-13+/t15-,16?,18-,19-,20+,21-,23-/m1/s1. The molecule has 0 radical (unpaired) electrons. The Labute approximate surface area is 168 Å². The van der Waals surface area contributed by atoms with Crippen molar-refractivity contribution in [2.45, 2.75) is 85.7 Å². The minimum absolute atomic E-state index is 0.0329. The Bertz CT molecular complexity index is 554. The Balaban J connectivity index is 1.71. The van der Waals surface area contributed by atoms with Crippen molar-refractivity contribution in [3.05, 3.63) is 10.6 Å². The summed E-state index contributed by atoms with van der Waals surface area (Å²) in [6.07, 6.45) is 8.89. The number of esters is 1. The zero-order valence-electron chi connectivity index (χ0n) is 17.3. The predicted molar refractivity (Wildman–Crippen MR) is 111 cm³/mol.